The van der Waals surface area contributed by atoms with Crippen molar-refractivity contribution < 1.29 is 5.11 Å². The van der Waals surface area contributed by atoms with Crippen LogP contribution in [0.25, 0.3) is 0 Å². The second-order valence-electron chi connectivity index (χ2n) is 9.15. The standard InChI is InChI=1S/C23H38N4O/c1-4-24-22(25-17-23(2,3)18-28)27-14-12-21-20(16-27)11-8-13-26(21)15-19-9-6-5-7-10-19/h5-7,9-10,20-21,28H,4,8,11-18H2,1-3H3,(H,24,25). The largest absolute Gasteiger partial charge is 0.396 e. The average molecular weight is 387 g/mol. The van der Waals surface area contributed by atoms with Crippen LogP contribution in [0.15, 0.2) is 35.3 Å². The minimum Gasteiger partial charge on any atom is -0.396 e. The van der Waals surface area contributed by atoms with Gasteiger partial charge in [0.1, 0.15) is 0 Å². The van der Waals surface area contributed by atoms with Crippen LogP contribution in [0.1, 0.15) is 45.6 Å². The number of guanidine groups is 1. The number of aliphatic imine (C=N–C) groups is 1. The van der Waals surface area contributed by atoms with Crippen LogP contribution in [0.4, 0.5) is 0 Å². The Kier molecular flexibility index (Phi) is 7.36. The van der Waals surface area contributed by atoms with E-state index in [0.29, 0.717) is 18.5 Å². The number of hydrogen-bond donors (Lipinski definition) is 2. The number of fused-ring (bicyclic) bond motifs is 1. The van der Waals surface area contributed by atoms with Gasteiger partial charge in [-0.1, -0.05) is 44.2 Å². The first-order valence-electron chi connectivity index (χ1n) is 10.9. The first-order valence-corrected chi connectivity index (χ1v) is 10.9. The van der Waals surface area contributed by atoms with Gasteiger partial charge in [0.2, 0.25) is 0 Å². The van der Waals surface area contributed by atoms with Gasteiger partial charge < -0.3 is 15.3 Å². The third-order valence-electron chi connectivity index (χ3n) is 6.13. The van der Waals surface area contributed by atoms with E-state index in [0.717, 1.165) is 32.1 Å². The van der Waals surface area contributed by atoms with Gasteiger partial charge in [0, 0.05) is 44.2 Å². The number of nitrogens with zero attached hydrogens (tertiary/aromatic N) is 3. The molecule has 0 aromatic heterocycles. The fourth-order valence-corrected chi connectivity index (χ4v) is 4.48. The molecule has 2 fully saturated rings. The van der Waals surface area contributed by atoms with E-state index in [2.05, 4.69) is 66.2 Å². The Bertz CT molecular complexity index is 631. The highest BCUT2D eigenvalue weighted by Crippen LogP contribution is 2.31. The number of nitrogens with one attached hydrogen (secondary N) is 1. The molecule has 0 radical (unpaired) electrons. The lowest BCUT2D eigenvalue weighted by Gasteiger charge is -2.48. The van der Waals surface area contributed by atoms with E-state index in [-0.39, 0.29) is 12.0 Å². The molecule has 28 heavy (non-hydrogen) atoms. The van der Waals surface area contributed by atoms with Crippen molar-refractivity contribution in [2.24, 2.45) is 16.3 Å². The Morgan fingerprint density at radius 3 is 2.71 bits per heavy atom. The van der Waals surface area contributed by atoms with Gasteiger partial charge in [-0.15, -0.1) is 0 Å². The zero-order valence-corrected chi connectivity index (χ0v) is 17.9. The SMILES string of the molecule is CCNC(=NCC(C)(C)CO)N1CCC2C(CCCN2Cc2ccccc2)C1. The Morgan fingerprint density at radius 2 is 2.00 bits per heavy atom. The highest BCUT2D eigenvalue weighted by atomic mass is 16.3. The van der Waals surface area contributed by atoms with E-state index in [1.54, 1.807) is 0 Å². The topological polar surface area (TPSA) is 51.1 Å². The van der Waals surface area contributed by atoms with E-state index >= 15 is 0 Å². The molecular formula is C23H38N4O. The molecule has 2 aliphatic rings. The fourth-order valence-electron chi connectivity index (χ4n) is 4.48. The van der Waals surface area contributed by atoms with E-state index in [9.17, 15) is 5.11 Å². The van der Waals surface area contributed by atoms with Gasteiger partial charge in [-0.25, -0.2) is 0 Å². The number of aliphatic hydroxyl groups is 1. The highest BCUT2D eigenvalue weighted by molar-refractivity contribution is 5.80. The smallest absolute Gasteiger partial charge is 0.193 e. The molecule has 3 rings (SSSR count). The van der Waals surface area contributed by atoms with Crippen LogP contribution >= 0.6 is 0 Å². The van der Waals surface area contributed by atoms with Crippen LogP contribution in [0.2, 0.25) is 0 Å². The number of aliphatic hydroxyl groups excluding tert-OH is 1. The lowest BCUT2D eigenvalue weighted by Crippen LogP contribution is -2.56. The molecule has 1 aromatic carbocycles. The normalized spacial score (nSPS) is 24.1. The van der Waals surface area contributed by atoms with E-state index in [1.807, 2.05) is 0 Å². The summed E-state index contributed by atoms with van der Waals surface area (Å²) >= 11 is 0. The van der Waals surface area contributed by atoms with Crippen molar-refractivity contribution in [3.05, 3.63) is 35.9 Å². The average Bonchev–Trinajstić information content (AvgIpc) is 2.72. The molecule has 2 atom stereocenters. The second kappa shape index (κ2) is 9.75. The van der Waals surface area contributed by atoms with Gasteiger partial charge in [-0.05, 0) is 44.2 Å². The van der Waals surface area contributed by atoms with Crippen molar-refractivity contribution in [1.82, 2.24) is 15.1 Å². The molecule has 0 spiro atoms. The molecule has 5 nitrogen and oxygen atoms in total. The Balaban J connectivity index is 1.64. The van der Waals surface area contributed by atoms with Crippen LogP contribution < -0.4 is 5.32 Å². The molecule has 0 bridgehead atoms. The number of likely N-dealkylation sites (tertiary alicyclic amines) is 2. The van der Waals surface area contributed by atoms with Crippen LogP contribution in [-0.2, 0) is 6.54 Å². The molecule has 2 heterocycles. The van der Waals surface area contributed by atoms with Crippen LogP contribution in [0, 0.1) is 11.3 Å². The van der Waals surface area contributed by atoms with Crippen molar-refractivity contribution >= 4 is 5.96 Å². The summed E-state index contributed by atoms with van der Waals surface area (Å²) in [6, 6.07) is 11.6. The molecule has 2 N–H and O–H groups in total. The highest BCUT2D eigenvalue weighted by Gasteiger charge is 2.36. The minimum absolute atomic E-state index is 0.162. The summed E-state index contributed by atoms with van der Waals surface area (Å²) in [5, 5.41) is 13.0. The van der Waals surface area contributed by atoms with Crippen molar-refractivity contribution in [1.29, 1.82) is 0 Å². The summed E-state index contributed by atoms with van der Waals surface area (Å²) in [7, 11) is 0. The molecule has 156 valence electrons. The van der Waals surface area contributed by atoms with Gasteiger partial charge in [-0.3, -0.25) is 9.89 Å². The number of hydrogen-bond acceptors (Lipinski definition) is 3. The van der Waals surface area contributed by atoms with E-state index in [1.165, 1.54) is 31.4 Å². The Morgan fingerprint density at radius 1 is 1.21 bits per heavy atom. The Hall–Kier alpha value is -1.59. The maximum atomic E-state index is 9.54. The third-order valence-corrected chi connectivity index (χ3v) is 6.13. The van der Waals surface area contributed by atoms with Crippen molar-refractivity contribution in [2.75, 3.05) is 39.3 Å². The number of rotatable bonds is 6. The molecule has 0 amide bonds. The van der Waals surface area contributed by atoms with Gasteiger partial charge in [-0.2, -0.15) is 0 Å². The minimum atomic E-state index is -0.170. The summed E-state index contributed by atoms with van der Waals surface area (Å²) in [6.07, 6.45) is 3.80. The maximum Gasteiger partial charge on any atom is 0.193 e. The predicted molar refractivity (Wildman–Crippen MR) is 116 cm³/mol. The molecule has 2 aliphatic heterocycles. The van der Waals surface area contributed by atoms with E-state index in [4.69, 9.17) is 4.99 Å². The molecule has 5 heteroatoms. The predicted octanol–water partition coefficient (Wildman–Crippen LogP) is 2.96. The van der Waals surface area contributed by atoms with E-state index < -0.39 is 0 Å². The summed E-state index contributed by atoms with van der Waals surface area (Å²) < 4.78 is 0. The third kappa shape index (κ3) is 5.48. The molecule has 0 aliphatic carbocycles. The second-order valence-corrected chi connectivity index (χ2v) is 9.15. The molecule has 2 unspecified atom stereocenters. The number of piperidine rings is 2. The first kappa shape index (κ1) is 21.1. The van der Waals surface area contributed by atoms with Gasteiger partial charge >= 0.3 is 0 Å². The van der Waals surface area contributed by atoms with Gasteiger partial charge in [0.05, 0.1) is 6.54 Å². The van der Waals surface area contributed by atoms with Crippen LogP contribution in [0.3, 0.4) is 0 Å². The summed E-state index contributed by atoms with van der Waals surface area (Å²) in [6.45, 7) is 12.4. The molecule has 1 aromatic rings. The quantitative estimate of drug-likeness (QED) is 0.583. The summed E-state index contributed by atoms with van der Waals surface area (Å²) in [4.78, 5) is 10.0. The summed E-state index contributed by atoms with van der Waals surface area (Å²) in [5.74, 6) is 1.73. The summed E-state index contributed by atoms with van der Waals surface area (Å²) in [5.41, 5.74) is 1.25. The zero-order chi connectivity index (χ0) is 20.0. The lowest BCUT2D eigenvalue weighted by molar-refractivity contribution is 0.0371. The van der Waals surface area contributed by atoms with Gasteiger partial charge in [0.15, 0.2) is 5.96 Å². The van der Waals surface area contributed by atoms with Gasteiger partial charge in [0.25, 0.3) is 0 Å². The van der Waals surface area contributed by atoms with Crippen LogP contribution in [-0.4, -0.2) is 66.2 Å². The Labute approximate surface area is 170 Å². The maximum absolute atomic E-state index is 9.54. The number of benzene rings is 1. The molecule has 0 saturated carbocycles. The van der Waals surface area contributed by atoms with Crippen molar-refractivity contribution in [3.63, 3.8) is 0 Å². The molecular weight excluding hydrogens is 348 g/mol. The van der Waals surface area contributed by atoms with Crippen molar-refractivity contribution in [3.8, 4) is 0 Å². The lowest BCUT2D eigenvalue weighted by atomic mass is 9.83. The zero-order valence-electron chi connectivity index (χ0n) is 17.9. The van der Waals surface area contributed by atoms with Crippen molar-refractivity contribution in [2.45, 2.75) is 52.6 Å². The van der Waals surface area contributed by atoms with Crippen LogP contribution in [0.5, 0.6) is 0 Å². The molecule has 2 saturated heterocycles. The monoisotopic (exact) mass is 386 g/mol. The first-order chi connectivity index (χ1) is 13.5. The fraction of sp³-hybridized carbons (Fsp3) is 0.696.